The number of para-hydroxylation sites is 1. The van der Waals surface area contributed by atoms with Crippen LogP contribution >= 0.6 is 0 Å². The molecule has 4 aromatic rings. The van der Waals surface area contributed by atoms with Gasteiger partial charge in [0.05, 0.1) is 12.8 Å². The van der Waals surface area contributed by atoms with E-state index in [4.69, 9.17) is 9.47 Å². The molecule has 5 nitrogen and oxygen atoms in total. The molecule has 6 heteroatoms. The van der Waals surface area contributed by atoms with Gasteiger partial charge in [-0.25, -0.2) is 14.4 Å². The minimum Gasteiger partial charge on any atom is -0.494 e. The minimum atomic E-state index is -0.395. The minimum absolute atomic E-state index is 0.199. The van der Waals surface area contributed by atoms with Gasteiger partial charge in [0.25, 0.3) is 0 Å². The number of benzene rings is 2. The molecule has 0 atom stereocenters. The SMILES string of the molecule is COc1cc(-c2cnc3nc(COc4ccccc4)cn3c2)ccc1F. The Morgan fingerprint density at radius 3 is 2.69 bits per heavy atom. The van der Waals surface area contributed by atoms with Gasteiger partial charge in [0.15, 0.2) is 11.6 Å². The predicted octanol–water partition coefficient (Wildman–Crippen LogP) is 4.12. The van der Waals surface area contributed by atoms with E-state index in [1.165, 1.54) is 13.2 Å². The highest BCUT2D eigenvalue weighted by Crippen LogP contribution is 2.26. The van der Waals surface area contributed by atoms with Gasteiger partial charge >= 0.3 is 0 Å². The second-order valence-corrected chi connectivity index (χ2v) is 5.73. The maximum atomic E-state index is 13.6. The normalized spacial score (nSPS) is 10.8. The van der Waals surface area contributed by atoms with Crippen molar-refractivity contribution in [1.82, 2.24) is 14.4 Å². The lowest BCUT2D eigenvalue weighted by molar-refractivity contribution is 0.302. The van der Waals surface area contributed by atoms with E-state index in [-0.39, 0.29) is 5.75 Å². The maximum Gasteiger partial charge on any atom is 0.234 e. The maximum absolute atomic E-state index is 13.6. The van der Waals surface area contributed by atoms with Crippen LogP contribution in [0.4, 0.5) is 4.39 Å². The van der Waals surface area contributed by atoms with E-state index in [1.807, 2.05) is 47.1 Å². The Morgan fingerprint density at radius 2 is 1.88 bits per heavy atom. The van der Waals surface area contributed by atoms with Crippen LogP contribution < -0.4 is 9.47 Å². The third kappa shape index (κ3) is 3.21. The molecule has 2 aromatic carbocycles. The fourth-order valence-corrected chi connectivity index (χ4v) is 2.67. The summed E-state index contributed by atoms with van der Waals surface area (Å²) in [4.78, 5) is 8.83. The molecule has 0 bridgehead atoms. The van der Waals surface area contributed by atoms with Crippen LogP contribution in [-0.4, -0.2) is 21.5 Å². The lowest BCUT2D eigenvalue weighted by Gasteiger charge is -2.06. The molecule has 0 saturated carbocycles. The number of hydrogen-bond donors (Lipinski definition) is 0. The van der Waals surface area contributed by atoms with Crippen LogP contribution in [0.1, 0.15) is 5.69 Å². The smallest absolute Gasteiger partial charge is 0.234 e. The molecule has 0 aliphatic heterocycles. The number of hydrogen-bond acceptors (Lipinski definition) is 4. The first-order valence-corrected chi connectivity index (χ1v) is 8.08. The molecular weight excluding hydrogens is 333 g/mol. The zero-order chi connectivity index (χ0) is 17.9. The highest BCUT2D eigenvalue weighted by atomic mass is 19.1. The van der Waals surface area contributed by atoms with Crippen molar-refractivity contribution in [1.29, 1.82) is 0 Å². The van der Waals surface area contributed by atoms with E-state index in [9.17, 15) is 4.39 Å². The van der Waals surface area contributed by atoms with E-state index in [1.54, 1.807) is 18.3 Å². The van der Waals surface area contributed by atoms with Crippen molar-refractivity contribution in [2.45, 2.75) is 6.61 Å². The van der Waals surface area contributed by atoms with Crippen molar-refractivity contribution in [3.8, 4) is 22.6 Å². The van der Waals surface area contributed by atoms with Gasteiger partial charge in [-0.1, -0.05) is 24.3 Å². The van der Waals surface area contributed by atoms with Crippen molar-refractivity contribution in [2.24, 2.45) is 0 Å². The number of methoxy groups -OCH3 is 1. The zero-order valence-corrected chi connectivity index (χ0v) is 14.1. The Labute approximate surface area is 149 Å². The standard InChI is InChI=1S/C20H16FN3O2/c1-25-19-9-14(7-8-18(19)21)15-10-22-20-23-16(12-24(20)11-15)13-26-17-5-3-2-4-6-17/h2-12H,13H2,1H3. The fraction of sp³-hybridized carbons (Fsp3) is 0.100. The van der Waals surface area contributed by atoms with Crippen molar-refractivity contribution < 1.29 is 13.9 Å². The van der Waals surface area contributed by atoms with Gasteiger partial charge in [0, 0.05) is 24.2 Å². The van der Waals surface area contributed by atoms with Crippen molar-refractivity contribution >= 4 is 5.78 Å². The van der Waals surface area contributed by atoms with Gasteiger partial charge in [-0.15, -0.1) is 0 Å². The van der Waals surface area contributed by atoms with Crippen molar-refractivity contribution in [3.05, 3.63) is 78.6 Å². The highest BCUT2D eigenvalue weighted by Gasteiger charge is 2.09. The lowest BCUT2D eigenvalue weighted by Crippen LogP contribution is -1.94. The Hall–Kier alpha value is -3.41. The first-order chi connectivity index (χ1) is 12.7. The largest absolute Gasteiger partial charge is 0.494 e. The molecule has 0 amide bonds. The molecule has 0 saturated heterocycles. The third-order valence-electron chi connectivity index (χ3n) is 3.97. The zero-order valence-electron chi connectivity index (χ0n) is 14.1. The first-order valence-electron chi connectivity index (χ1n) is 8.08. The molecule has 4 rings (SSSR count). The van der Waals surface area contributed by atoms with Crippen LogP contribution in [0, 0.1) is 5.82 Å². The molecule has 2 heterocycles. The molecule has 0 radical (unpaired) electrons. The fourth-order valence-electron chi connectivity index (χ4n) is 2.67. The lowest BCUT2D eigenvalue weighted by atomic mass is 10.1. The quantitative estimate of drug-likeness (QED) is 0.544. The summed E-state index contributed by atoms with van der Waals surface area (Å²) >= 11 is 0. The molecular formula is C20H16FN3O2. The average molecular weight is 349 g/mol. The number of aromatic nitrogens is 3. The number of halogens is 1. The number of imidazole rings is 1. The number of ether oxygens (including phenoxy) is 2. The van der Waals surface area contributed by atoms with Crippen LogP contribution in [0.15, 0.2) is 67.1 Å². The number of fused-ring (bicyclic) bond motifs is 1. The molecule has 0 unspecified atom stereocenters. The highest BCUT2D eigenvalue weighted by molar-refractivity contribution is 5.64. The Bertz CT molecular complexity index is 1050. The molecule has 130 valence electrons. The summed E-state index contributed by atoms with van der Waals surface area (Å²) in [6, 6.07) is 14.3. The summed E-state index contributed by atoms with van der Waals surface area (Å²) in [5.41, 5.74) is 2.42. The van der Waals surface area contributed by atoms with Gasteiger partial charge < -0.3 is 9.47 Å². The molecule has 0 N–H and O–H groups in total. The second kappa shape index (κ2) is 6.84. The van der Waals surface area contributed by atoms with Crippen LogP contribution in [0.5, 0.6) is 11.5 Å². The molecule has 0 fully saturated rings. The van der Waals surface area contributed by atoms with E-state index in [0.717, 1.165) is 22.6 Å². The molecule has 0 spiro atoms. The monoisotopic (exact) mass is 349 g/mol. The van der Waals surface area contributed by atoms with Gasteiger partial charge in [-0.05, 0) is 29.8 Å². The van der Waals surface area contributed by atoms with Gasteiger partial charge in [0.2, 0.25) is 5.78 Å². The summed E-state index contributed by atoms with van der Waals surface area (Å²) in [5, 5.41) is 0. The summed E-state index contributed by atoms with van der Waals surface area (Å²) in [6.45, 7) is 0.354. The van der Waals surface area contributed by atoms with Crippen molar-refractivity contribution in [3.63, 3.8) is 0 Å². The number of rotatable bonds is 5. The molecule has 0 aliphatic carbocycles. The van der Waals surface area contributed by atoms with Crippen LogP contribution in [0.25, 0.3) is 16.9 Å². The average Bonchev–Trinajstić information content (AvgIpc) is 3.09. The van der Waals surface area contributed by atoms with Gasteiger partial charge in [-0.3, -0.25) is 4.40 Å². The van der Waals surface area contributed by atoms with Gasteiger partial charge in [-0.2, -0.15) is 0 Å². The van der Waals surface area contributed by atoms with E-state index in [2.05, 4.69) is 9.97 Å². The molecule has 26 heavy (non-hydrogen) atoms. The van der Waals surface area contributed by atoms with Gasteiger partial charge in [0.1, 0.15) is 12.4 Å². The number of nitrogens with zero attached hydrogens (tertiary/aromatic N) is 3. The molecule has 2 aromatic heterocycles. The van der Waals surface area contributed by atoms with Crippen LogP contribution in [0.2, 0.25) is 0 Å². The van der Waals surface area contributed by atoms with Crippen LogP contribution in [-0.2, 0) is 6.61 Å². The second-order valence-electron chi connectivity index (χ2n) is 5.73. The Kier molecular flexibility index (Phi) is 4.23. The van der Waals surface area contributed by atoms with Crippen molar-refractivity contribution in [2.75, 3.05) is 7.11 Å². The van der Waals surface area contributed by atoms with E-state index < -0.39 is 5.82 Å². The topological polar surface area (TPSA) is 48.7 Å². The summed E-state index contributed by atoms with van der Waals surface area (Å²) < 4.78 is 26.2. The predicted molar refractivity (Wildman–Crippen MR) is 95.7 cm³/mol. The summed E-state index contributed by atoms with van der Waals surface area (Å²) in [7, 11) is 1.44. The van der Waals surface area contributed by atoms with Crippen LogP contribution in [0.3, 0.4) is 0 Å². The Morgan fingerprint density at radius 1 is 1.04 bits per heavy atom. The summed E-state index contributed by atoms with van der Waals surface area (Å²) in [6.07, 6.45) is 5.47. The summed E-state index contributed by atoms with van der Waals surface area (Å²) in [5.74, 6) is 1.17. The van der Waals surface area contributed by atoms with E-state index >= 15 is 0 Å². The molecule has 0 aliphatic rings. The van der Waals surface area contributed by atoms with E-state index in [0.29, 0.717) is 12.4 Å². The Balaban J connectivity index is 1.59. The third-order valence-corrected chi connectivity index (χ3v) is 3.97. The first kappa shape index (κ1) is 16.1.